The fourth-order valence-electron chi connectivity index (χ4n) is 8.26. The van der Waals surface area contributed by atoms with Crippen molar-refractivity contribution in [3.05, 3.63) is 88.5 Å². The largest absolute Gasteiger partial charge is 0.490 e. The maximum atomic E-state index is 13.5. The molecule has 2 aliphatic carbocycles. The van der Waals surface area contributed by atoms with Crippen LogP contribution in [0.25, 0.3) is 0 Å². The molecule has 2 N–H and O–H groups in total. The molecule has 250 valence electrons. The van der Waals surface area contributed by atoms with Crippen LogP contribution >= 0.6 is 11.6 Å². The first kappa shape index (κ1) is 32.2. The first-order valence-corrected chi connectivity index (χ1v) is 18.6. The number of allylic oxidation sites excluding steroid dienone is 1. The number of nitrogens with zero attached hydrogens (tertiary/aromatic N) is 3. The van der Waals surface area contributed by atoms with E-state index in [0.29, 0.717) is 37.7 Å². The van der Waals surface area contributed by atoms with Gasteiger partial charge in [-0.25, -0.2) is 18.1 Å². The van der Waals surface area contributed by atoms with E-state index in [9.17, 15) is 18.3 Å². The molecule has 0 saturated heterocycles. The molecule has 9 nitrogen and oxygen atoms in total. The maximum Gasteiger partial charge on any atom is 0.264 e. The molecule has 1 saturated carbocycles. The van der Waals surface area contributed by atoms with Gasteiger partial charge in [0.15, 0.2) is 0 Å². The van der Waals surface area contributed by atoms with Gasteiger partial charge >= 0.3 is 0 Å². The van der Waals surface area contributed by atoms with Gasteiger partial charge in [0, 0.05) is 54.4 Å². The lowest BCUT2D eigenvalue weighted by Crippen LogP contribution is -2.52. The van der Waals surface area contributed by atoms with E-state index < -0.39 is 26.8 Å². The number of nitrogens with one attached hydrogen (secondary N) is 1. The number of carbonyl (C=O) groups excluding carboxylic acids is 1. The van der Waals surface area contributed by atoms with E-state index in [0.717, 1.165) is 42.8 Å². The van der Waals surface area contributed by atoms with Crippen molar-refractivity contribution in [1.29, 1.82) is 0 Å². The summed E-state index contributed by atoms with van der Waals surface area (Å²) in [6.07, 6.45) is 12.3. The highest BCUT2D eigenvalue weighted by atomic mass is 35.5. The lowest BCUT2D eigenvalue weighted by molar-refractivity contribution is -0.0577. The number of fused-ring (bicyclic) bond motifs is 4. The van der Waals surface area contributed by atoms with Crippen molar-refractivity contribution >= 4 is 33.2 Å². The van der Waals surface area contributed by atoms with Crippen LogP contribution in [0.15, 0.2) is 60.9 Å². The highest BCUT2D eigenvalue weighted by molar-refractivity contribution is 7.90. The highest BCUT2D eigenvalue weighted by Crippen LogP contribution is 2.50. The lowest BCUT2D eigenvalue weighted by atomic mass is 9.63. The normalized spacial score (nSPS) is 32.6. The average molecular weight is 679 g/mol. The number of hydrogen-bond donors (Lipinski definition) is 2. The number of rotatable bonds is 1. The molecule has 2 aliphatic heterocycles. The zero-order valence-corrected chi connectivity index (χ0v) is 28.7. The number of aliphatic hydroxyl groups is 1. The van der Waals surface area contributed by atoms with Crippen molar-refractivity contribution in [2.45, 2.75) is 68.6 Å². The molecular formula is C36H43ClN4O5S. The topological polar surface area (TPSA) is 114 Å². The smallest absolute Gasteiger partial charge is 0.264 e. The van der Waals surface area contributed by atoms with E-state index in [4.69, 9.17) is 16.3 Å². The van der Waals surface area contributed by atoms with Gasteiger partial charge < -0.3 is 19.3 Å². The van der Waals surface area contributed by atoms with Gasteiger partial charge in [-0.15, -0.1) is 0 Å². The number of amides is 1. The maximum absolute atomic E-state index is 13.5. The number of anilines is 1. The van der Waals surface area contributed by atoms with Gasteiger partial charge in [0.2, 0.25) is 10.0 Å². The zero-order valence-electron chi connectivity index (χ0n) is 27.2. The molecule has 6 atom stereocenters. The Morgan fingerprint density at radius 1 is 1.15 bits per heavy atom. The second-order valence-electron chi connectivity index (χ2n) is 14.2. The van der Waals surface area contributed by atoms with Crippen molar-refractivity contribution in [2.24, 2.45) is 24.8 Å². The molecule has 1 amide bonds. The van der Waals surface area contributed by atoms with Gasteiger partial charge in [0.25, 0.3) is 5.91 Å². The number of hydrogen-bond acceptors (Lipinski definition) is 7. The van der Waals surface area contributed by atoms with Gasteiger partial charge in [-0.3, -0.25) is 4.79 Å². The van der Waals surface area contributed by atoms with Crippen LogP contribution in [-0.4, -0.2) is 53.9 Å². The predicted octanol–water partition coefficient (Wildman–Crippen LogP) is 5.50. The van der Waals surface area contributed by atoms with Crippen LogP contribution in [0.4, 0.5) is 5.69 Å². The minimum Gasteiger partial charge on any atom is -0.490 e. The summed E-state index contributed by atoms with van der Waals surface area (Å²) >= 11 is 6.44. The van der Waals surface area contributed by atoms with Crippen LogP contribution in [0.1, 0.15) is 73.3 Å². The van der Waals surface area contributed by atoms with Crippen molar-refractivity contribution in [1.82, 2.24) is 14.3 Å². The standard InChI is InChI=1S/C36H43ClN4O5S/c1-23-6-4-15-36(43,34-38-16-17-40(34)3)30-11-8-27(30)20-41-21-35(14-5-7-25-18-28(37)10-12-29(25)35)22-46-32-13-9-26(19-31(32)41)33(42)39-47(44,45)24(23)2/h4,9-10,12-13,15-19,23-24,27,30,43H,5-8,11,14,20-22H2,1-3H3,(H,39,42)/b15-4+/t23-,24+,27-,30+,35-,36?/m0/s1. The monoisotopic (exact) mass is 678 g/mol. The van der Waals surface area contributed by atoms with E-state index in [1.165, 1.54) is 11.1 Å². The molecule has 1 unspecified atom stereocenters. The van der Waals surface area contributed by atoms with Crippen molar-refractivity contribution in [3.8, 4) is 5.75 Å². The number of aryl methyl sites for hydroxylation is 2. The van der Waals surface area contributed by atoms with Crippen molar-refractivity contribution in [3.63, 3.8) is 0 Å². The Hall–Kier alpha value is -3.34. The second-order valence-corrected chi connectivity index (χ2v) is 16.7. The minimum atomic E-state index is -3.99. The lowest BCUT2D eigenvalue weighted by Gasteiger charge is -2.48. The third kappa shape index (κ3) is 5.66. The summed E-state index contributed by atoms with van der Waals surface area (Å²) in [5.41, 5.74) is 1.82. The number of carbonyl (C=O) groups is 1. The summed E-state index contributed by atoms with van der Waals surface area (Å²) in [6.45, 7) is 5.20. The molecule has 0 radical (unpaired) electrons. The van der Waals surface area contributed by atoms with Gasteiger partial charge in [-0.05, 0) is 105 Å². The third-order valence-electron chi connectivity index (χ3n) is 11.3. The minimum absolute atomic E-state index is 0.114. The fourth-order valence-corrected chi connectivity index (χ4v) is 9.74. The molecule has 1 fully saturated rings. The molecule has 3 aromatic rings. The van der Waals surface area contributed by atoms with Crippen LogP contribution in [0, 0.1) is 17.8 Å². The molecule has 7 rings (SSSR count). The molecule has 2 aromatic carbocycles. The number of benzene rings is 2. The Morgan fingerprint density at radius 2 is 1.98 bits per heavy atom. The Bertz CT molecular complexity index is 1840. The molecule has 2 bridgehead atoms. The Labute approximate surface area is 282 Å². The Morgan fingerprint density at radius 3 is 2.72 bits per heavy atom. The van der Waals surface area contributed by atoms with Gasteiger partial charge in [0.1, 0.15) is 17.2 Å². The highest BCUT2D eigenvalue weighted by Gasteiger charge is 2.50. The number of halogens is 1. The predicted molar refractivity (Wildman–Crippen MR) is 182 cm³/mol. The molecule has 1 spiro atoms. The molecular weight excluding hydrogens is 636 g/mol. The Kier molecular flexibility index (Phi) is 8.20. The fraction of sp³-hybridized carbons (Fsp3) is 0.500. The van der Waals surface area contributed by atoms with Gasteiger partial charge in [-0.1, -0.05) is 30.7 Å². The zero-order chi connectivity index (χ0) is 33.1. The van der Waals surface area contributed by atoms with Crippen LogP contribution in [0.3, 0.4) is 0 Å². The number of ether oxygens (including phenoxy) is 1. The van der Waals surface area contributed by atoms with Crippen molar-refractivity contribution in [2.75, 3.05) is 24.6 Å². The second kappa shape index (κ2) is 12.0. The summed E-state index contributed by atoms with van der Waals surface area (Å²) in [6, 6.07) is 11.3. The van der Waals surface area contributed by atoms with E-state index in [1.54, 1.807) is 31.3 Å². The van der Waals surface area contributed by atoms with Gasteiger partial charge in [0.05, 0.1) is 17.5 Å². The van der Waals surface area contributed by atoms with Crippen LogP contribution in [0.2, 0.25) is 5.02 Å². The summed E-state index contributed by atoms with van der Waals surface area (Å²) in [7, 11) is -2.10. The van der Waals surface area contributed by atoms with Crippen molar-refractivity contribution < 1.29 is 23.1 Å². The molecule has 1 aromatic heterocycles. The Balaban J connectivity index is 1.35. The van der Waals surface area contributed by atoms with Gasteiger partial charge in [-0.2, -0.15) is 0 Å². The van der Waals surface area contributed by atoms with Crippen LogP contribution in [-0.2, 0) is 34.5 Å². The molecule has 4 aliphatic rings. The summed E-state index contributed by atoms with van der Waals surface area (Å²) in [5, 5.41) is 12.4. The summed E-state index contributed by atoms with van der Waals surface area (Å²) in [4.78, 5) is 20.4. The summed E-state index contributed by atoms with van der Waals surface area (Å²) < 4.78 is 37.6. The average Bonchev–Trinajstić information content (AvgIpc) is 3.40. The third-order valence-corrected chi connectivity index (χ3v) is 13.5. The summed E-state index contributed by atoms with van der Waals surface area (Å²) in [5.74, 6) is 0.267. The first-order valence-electron chi connectivity index (χ1n) is 16.6. The molecule has 47 heavy (non-hydrogen) atoms. The van der Waals surface area contributed by atoms with E-state index >= 15 is 0 Å². The molecule has 11 heteroatoms. The molecule has 3 heterocycles. The van der Waals surface area contributed by atoms with Crippen LogP contribution in [0.5, 0.6) is 5.75 Å². The van der Waals surface area contributed by atoms with E-state index in [2.05, 4.69) is 26.7 Å². The number of imidazole rings is 1. The first-order chi connectivity index (χ1) is 22.4. The number of sulfonamides is 1. The van der Waals surface area contributed by atoms with E-state index in [1.807, 2.05) is 43.0 Å². The van der Waals surface area contributed by atoms with E-state index in [-0.39, 0.29) is 28.7 Å². The van der Waals surface area contributed by atoms with Crippen LogP contribution < -0.4 is 14.4 Å². The number of aromatic nitrogens is 2. The SMILES string of the molecule is C[C@@H]1[C@@H](C)C/C=C/C(O)(c2nccn2C)[C@@H]2CC[C@H]2CN2C[C@@]3(CCCc4cc(Cl)ccc43)COc3ccc(cc32)C(=O)NS1(=O)=O. The quantitative estimate of drug-likeness (QED) is 0.327.